The minimum absolute atomic E-state index is 0.0191. The maximum absolute atomic E-state index is 12.9. The fourth-order valence-electron chi connectivity index (χ4n) is 2.74. The van der Waals surface area contributed by atoms with E-state index in [1.807, 2.05) is 25.9 Å². The largest absolute Gasteiger partial charge is 0.367 e. The predicted molar refractivity (Wildman–Crippen MR) is 87.5 cm³/mol. The number of nitrogens with zero attached hydrogens (tertiary/aromatic N) is 4. The molecule has 5 nitrogen and oxygen atoms in total. The third kappa shape index (κ3) is 2.48. The normalized spacial score (nSPS) is 14.8. The third-order valence-electron chi connectivity index (χ3n) is 3.75. The topological polar surface area (TPSA) is 50.5 Å². The zero-order valence-electron chi connectivity index (χ0n) is 12.7. The molecule has 0 fully saturated rings. The van der Waals surface area contributed by atoms with E-state index < -0.39 is 0 Å². The maximum atomic E-state index is 12.9. The van der Waals surface area contributed by atoms with Crippen molar-refractivity contribution in [2.45, 2.75) is 39.0 Å². The van der Waals surface area contributed by atoms with E-state index in [0.717, 1.165) is 35.3 Å². The molecule has 1 aliphatic rings. The van der Waals surface area contributed by atoms with E-state index in [4.69, 9.17) is 0 Å². The lowest BCUT2D eigenvalue weighted by Crippen LogP contribution is -2.23. The van der Waals surface area contributed by atoms with Crippen molar-refractivity contribution in [2.24, 2.45) is 5.10 Å². The molecule has 21 heavy (non-hydrogen) atoms. The first-order valence-electron chi connectivity index (χ1n) is 7.39. The average Bonchev–Trinajstić information content (AvgIpc) is 2.84. The number of hydrogen-bond acceptors (Lipinski definition) is 4. The van der Waals surface area contributed by atoms with E-state index in [2.05, 4.69) is 10.1 Å². The van der Waals surface area contributed by atoms with Crippen LogP contribution in [0.5, 0.6) is 0 Å². The standard InChI is InChI=1S/C15H20N4OS/c1-4-12-17-14-13(10-7-5-6-8-11(10)21-14)15(20)19(12)16-9-18(2)3/h9H,4-8H2,1-3H3/b16-9-. The Balaban J connectivity index is 2.27. The summed E-state index contributed by atoms with van der Waals surface area (Å²) in [5.41, 5.74) is 1.20. The van der Waals surface area contributed by atoms with Gasteiger partial charge in [-0.1, -0.05) is 6.92 Å². The summed E-state index contributed by atoms with van der Waals surface area (Å²) in [6, 6.07) is 0. The van der Waals surface area contributed by atoms with Gasteiger partial charge in [-0.25, -0.2) is 4.98 Å². The highest BCUT2D eigenvalue weighted by Crippen LogP contribution is 2.33. The van der Waals surface area contributed by atoms with Crippen molar-refractivity contribution >= 4 is 27.9 Å². The molecule has 0 amide bonds. The molecular weight excluding hydrogens is 284 g/mol. The van der Waals surface area contributed by atoms with Crippen LogP contribution in [-0.2, 0) is 19.3 Å². The van der Waals surface area contributed by atoms with Gasteiger partial charge < -0.3 is 4.90 Å². The van der Waals surface area contributed by atoms with E-state index >= 15 is 0 Å². The molecule has 112 valence electrons. The zero-order chi connectivity index (χ0) is 15.0. The van der Waals surface area contributed by atoms with Crippen LogP contribution in [0.1, 0.15) is 36.0 Å². The number of thiophene rings is 1. The van der Waals surface area contributed by atoms with Crippen molar-refractivity contribution in [2.75, 3.05) is 14.1 Å². The summed E-state index contributed by atoms with van der Waals surface area (Å²) < 4.78 is 1.46. The van der Waals surface area contributed by atoms with Gasteiger partial charge in [-0.15, -0.1) is 11.3 Å². The van der Waals surface area contributed by atoms with E-state index in [1.54, 1.807) is 17.7 Å². The number of rotatable bonds is 3. The second-order valence-corrected chi connectivity index (χ2v) is 6.67. The first kappa shape index (κ1) is 14.3. The van der Waals surface area contributed by atoms with E-state index in [-0.39, 0.29) is 5.56 Å². The Bertz CT molecular complexity index is 757. The highest BCUT2D eigenvalue weighted by molar-refractivity contribution is 7.18. The second kappa shape index (κ2) is 5.60. The van der Waals surface area contributed by atoms with Crippen molar-refractivity contribution in [1.29, 1.82) is 0 Å². The molecule has 1 aliphatic carbocycles. The highest BCUT2D eigenvalue weighted by atomic mass is 32.1. The molecule has 0 aromatic carbocycles. The van der Waals surface area contributed by atoms with Crippen LogP contribution >= 0.6 is 11.3 Å². The second-order valence-electron chi connectivity index (χ2n) is 5.58. The lowest BCUT2D eigenvalue weighted by molar-refractivity contribution is 0.623. The van der Waals surface area contributed by atoms with Crippen molar-refractivity contribution in [3.05, 3.63) is 26.6 Å². The molecule has 2 aromatic rings. The van der Waals surface area contributed by atoms with Crippen LogP contribution in [0, 0.1) is 0 Å². The van der Waals surface area contributed by atoms with Crippen LogP contribution in [0.3, 0.4) is 0 Å². The Morgan fingerprint density at radius 1 is 1.38 bits per heavy atom. The van der Waals surface area contributed by atoms with Crippen LogP contribution in [0.15, 0.2) is 9.90 Å². The average molecular weight is 304 g/mol. The van der Waals surface area contributed by atoms with Gasteiger partial charge in [0.1, 0.15) is 17.0 Å². The number of fused-ring (bicyclic) bond motifs is 3. The van der Waals surface area contributed by atoms with E-state index in [9.17, 15) is 4.79 Å². The minimum Gasteiger partial charge on any atom is -0.367 e. The molecule has 0 saturated heterocycles. The summed E-state index contributed by atoms with van der Waals surface area (Å²) >= 11 is 1.69. The minimum atomic E-state index is -0.0191. The van der Waals surface area contributed by atoms with Crippen molar-refractivity contribution < 1.29 is 0 Å². The third-order valence-corrected chi connectivity index (χ3v) is 4.93. The lowest BCUT2D eigenvalue weighted by Gasteiger charge is -2.11. The summed E-state index contributed by atoms with van der Waals surface area (Å²) in [6.07, 6.45) is 6.79. The first-order valence-corrected chi connectivity index (χ1v) is 8.20. The Morgan fingerprint density at radius 2 is 2.14 bits per heavy atom. The fourth-order valence-corrected chi connectivity index (χ4v) is 4.01. The van der Waals surface area contributed by atoms with Gasteiger partial charge in [-0.3, -0.25) is 4.79 Å². The van der Waals surface area contributed by atoms with Gasteiger partial charge in [0.15, 0.2) is 0 Å². The molecule has 0 N–H and O–H groups in total. The molecule has 0 saturated carbocycles. The van der Waals surface area contributed by atoms with E-state index in [0.29, 0.717) is 6.42 Å². The summed E-state index contributed by atoms with van der Waals surface area (Å²) in [7, 11) is 3.77. The molecule has 2 heterocycles. The summed E-state index contributed by atoms with van der Waals surface area (Å²) in [4.78, 5) is 21.6. The van der Waals surface area contributed by atoms with Gasteiger partial charge in [-0.2, -0.15) is 9.78 Å². The molecule has 0 atom stereocenters. The van der Waals surface area contributed by atoms with Crippen LogP contribution in [-0.4, -0.2) is 35.0 Å². The van der Waals surface area contributed by atoms with Gasteiger partial charge in [0, 0.05) is 25.4 Å². The summed E-state index contributed by atoms with van der Waals surface area (Å²) in [5, 5.41) is 5.10. The summed E-state index contributed by atoms with van der Waals surface area (Å²) in [5.74, 6) is 0.726. The van der Waals surface area contributed by atoms with Crippen molar-refractivity contribution in [3.8, 4) is 0 Å². The van der Waals surface area contributed by atoms with Gasteiger partial charge in [0.2, 0.25) is 0 Å². The summed E-state index contributed by atoms with van der Waals surface area (Å²) in [6.45, 7) is 2.00. The maximum Gasteiger partial charge on any atom is 0.283 e. The van der Waals surface area contributed by atoms with Crippen LogP contribution in [0.4, 0.5) is 0 Å². The molecule has 0 bridgehead atoms. The zero-order valence-corrected chi connectivity index (χ0v) is 13.5. The molecule has 3 rings (SSSR count). The Kier molecular flexibility index (Phi) is 3.80. The molecule has 6 heteroatoms. The lowest BCUT2D eigenvalue weighted by atomic mass is 9.97. The van der Waals surface area contributed by atoms with Gasteiger partial charge in [-0.05, 0) is 31.2 Å². The molecule has 0 radical (unpaired) electrons. The number of hydrogen-bond donors (Lipinski definition) is 0. The van der Waals surface area contributed by atoms with Crippen molar-refractivity contribution in [3.63, 3.8) is 0 Å². The fraction of sp³-hybridized carbons (Fsp3) is 0.533. The molecule has 0 unspecified atom stereocenters. The van der Waals surface area contributed by atoms with Crippen LogP contribution < -0.4 is 5.56 Å². The molecule has 2 aromatic heterocycles. The smallest absolute Gasteiger partial charge is 0.283 e. The monoisotopic (exact) mass is 304 g/mol. The quantitative estimate of drug-likeness (QED) is 0.645. The number of aryl methyl sites for hydroxylation is 3. The van der Waals surface area contributed by atoms with Gasteiger partial charge in [0.05, 0.1) is 5.39 Å². The number of aromatic nitrogens is 2. The Hall–Kier alpha value is -1.69. The molecular formula is C15H20N4OS. The first-order chi connectivity index (χ1) is 10.1. The Morgan fingerprint density at radius 3 is 2.86 bits per heavy atom. The predicted octanol–water partition coefficient (Wildman–Crippen LogP) is 2.25. The van der Waals surface area contributed by atoms with Crippen LogP contribution in [0.2, 0.25) is 0 Å². The SMILES string of the molecule is CCc1nc2sc3c(c2c(=O)n1/N=C\N(C)C)CCCC3. The molecule has 0 aliphatic heterocycles. The van der Waals surface area contributed by atoms with Crippen molar-refractivity contribution in [1.82, 2.24) is 14.6 Å². The van der Waals surface area contributed by atoms with Crippen LogP contribution in [0.25, 0.3) is 10.2 Å². The van der Waals surface area contributed by atoms with E-state index in [1.165, 1.54) is 21.5 Å². The van der Waals surface area contributed by atoms with Gasteiger partial charge >= 0.3 is 0 Å². The highest BCUT2D eigenvalue weighted by Gasteiger charge is 2.21. The Labute approximate surface area is 127 Å². The van der Waals surface area contributed by atoms with Gasteiger partial charge in [0.25, 0.3) is 5.56 Å². The molecule has 0 spiro atoms.